The van der Waals surface area contributed by atoms with Gasteiger partial charge in [-0.15, -0.1) is 0 Å². The van der Waals surface area contributed by atoms with Gasteiger partial charge in [-0.1, -0.05) is 12.1 Å². The fourth-order valence-electron chi connectivity index (χ4n) is 3.03. The van der Waals surface area contributed by atoms with Crippen LogP contribution in [0, 0.1) is 0 Å². The number of rotatable bonds is 9. The molecular formula is C19H29F3N4O2. The lowest BCUT2D eigenvalue weighted by Crippen LogP contribution is -2.45. The molecule has 0 saturated carbocycles. The molecule has 6 nitrogen and oxygen atoms in total. The molecule has 1 aromatic carbocycles. The third kappa shape index (κ3) is 7.65. The highest BCUT2D eigenvalue weighted by Gasteiger charge is 2.30. The van der Waals surface area contributed by atoms with Crippen LogP contribution in [0.3, 0.4) is 0 Å². The molecule has 1 aliphatic heterocycles. The summed E-state index contributed by atoms with van der Waals surface area (Å²) in [6.45, 7) is 4.67. The van der Waals surface area contributed by atoms with Crippen LogP contribution < -0.4 is 10.6 Å². The number of likely N-dealkylation sites (tertiary alicyclic amines) is 1. The summed E-state index contributed by atoms with van der Waals surface area (Å²) < 4.78 is 48.3. The van der Waals surface area contributed by atoms with Crippen molar-refractivity contribution in [2.75, 3.05) is 53.6 Å². The van der Waals surface area contributed by atoms with Gasteiger partial charge in [-0.25, -0.2) is 0 Å². The largest absolute Gasteiger partial charge is 0.416 e. The fourth-order valence-corrected chi connectivity index (χ4v) is 3.03. The molecule has 1 fully saturated rings. The van der Waals surface area contributed by atoms with Crippen molar-refractivity contribution < 1.29 is 22.6 Å². The molecule has 158 valence electrons. The van der Waals surface area contributed by atoms with Crippen LogP contribution in [-0.2, 0) is 22.2 Å². The van der Waals surface area contributed by atoms with E-state index in [1.807, 2.05) is 0 Å². The Morgan fingerprint density at radius 3 is 2.61 bits per heavy atom. The number of ether oxygens (including phenoxy) is 2. The molecule has 1 aromatic rings. The second-order valence-electron chi connectivity index (χ2n) is 6.66. The normalized spacial score (nSPS) is 18.5. The predicted octanol–water partition coefficient (Wildman–Crippen LogP) is 2.11. The van der Waals surface area contributed by atoms with Crippen LogP contribution in [0.4, 0.5) is 13.2 Å². The number of halogens is 3. The first kappa shape index (κ1) is 22.4. The molecule has 2 rings (SSSR count). The topological polar surface area (TPSA) is 58.1 Å². The maximum absolute atomic E-state index is 12.6. The highest BCUT2D eigenvalue weighted by molar-refractivity contribution is 5.80. The SMILES string of the molecule is CN=C(NCCOCCOC)NC1CCN(Cc2ccc(C(F)(F)F)cc2)C1. The molecule has 1 atom stereocenters. The van der Waals surface area contributed by atoms with Gasteiger partial charge in [0.25, 0.3) is 0 Å². The lowest BCUT2D eigenvalue weighted by atomic mass is 10.1. The van der Waals surface area contributed by atoms with Gasteiger partial charge in [-0.3, -0.25) is 9.89 Å². The summed E-state index contributed by atoms with van der Waals surface area (Å²) in [5.41, 5.74) is 0.266. The second kappa shape index (κ2) is 11.2. The molecule has 9 heteroatoms. The van der Waals surface area contributed by atoms with E-state index in [1.54, 1.807) is 26.3 Å². The number of methoxy groups -OCH3 is 1. The van der Waals surface area contributed by atoms with Crippen molar-refractivity contribution in [3.05, 3.63) is 35.4 Å². The molecule has 0 aromatic heterocycles. The van der Waals surface area contributed by atoms with Crippen molar-refractivity contribution in [2.45, 2.75) is 25.2 Å². The summed E-state index contributed by atoms with van der Waals surface area (Å²) in [4.78, 5) is 6.44. The Hall–Kier alpha value is -1.84. The molecule has 1 heterocycles. The number of aliphatic imine (C=N–C) groups is 1. The number of benzene rings is 1. The van der Waals surface area contributed by atoms with Crippen LogP contribution in [0.5, 0.6) is 0 Å². The van der Waals surface area contributed by atoms with E-state index < -0.39 is 11.7 Å². The maximum Gasteiger partial charge on any atom is 0.416 e. The van der Waals surface area contributed by atoms with Crippen molar-refractivity contribution in [1.29, 1.82) is 0 Å². The van der Waals surface area contributed by atoms with Crippen molar-refractivity contribution in [2.24, 2.45) is 4.99 Å². The summed E-state index contributed by atoms with van der Waals surface area (Å²) >= 11 is 0. The minimum absolute atomic E-state index is 0.245. The van der Waals surface area contributed by atoms with Crippen LogP contribution in [0.25, 0.3) is 0 Å². The van der Waals surface area contributed by atoms with E-state index in [-0.39, 0.29) is 6.04 Å². The van der Waals surface area contributed by atoms with Gasteiger partial charge in [0.15, 0.2) is 5.96 Å². The molecule has 2 N–H and O–H groups in total. The highest BCUT2D eigenvalue weighted by Crippen LogP contribution is 2.29. The van der Waals surface area contributed by atoms with Crippen LogP contribution in [0.15, 0.2) is 29.3 Å². The highest BCUT2D eigenvalue weighted by atomic mass is 19.4. The second-order valence-corrected chi connectivity index (χ2v) is 6.66. The Bertz CT molecular complexity index is 608. The van der Waals surface area contributed by atoms with Gasteiger partial charge in [0.2, 0.25) is 0 Å². The first-order chi connectivity index (χ1) is 13.4. The first-order valence-electron chi connectivity index (χ1n) is 9.34. The summed E-state index contributed by atoms with van der Waals surface area (Å²) in [6.07, 6.45) is -3.34. The van der Waals surface area contributed by atoms with Gasteiger partial charge in [-0.2, -0.15) is 13.2 Å². The Kier molecular flexibility index (Phi) is 9.01. The molecule has 0 aliphatic carbocycles. The molecule has 1 unspecified atom stereocenters. The Balaban J connectivity index is 1.71. The van der Waals surface area contributed by atoms with Gasteiger partial charge in [0.1, 0.15) is 0 Å². The Morgan fingerprint density at radius 1 is 1.21 bits per heavy atom. The minimum Gasteiger partial charge on any atom is -0.382 e. The summed E-state index contributed by atoms with van der Waals surface area (Å²) in [5, 5.41) is 6.59. The van der Waals surface area contributed by atoms with E-state index in [1.165, 1.54) is 0 Å². The molecule has 0 spiro atoms. The van der Waals surface area contributed by atoms with Crippen LogP contribution in [0.1, 0.15) is 17.5 Å². The quantitative estimate of drug-likeness (QED) is 0.376. The molecule has 0 bridgehead atoms. The smallest absolute Gasteiger partial charge is 0.382 e. The van der Waals surface area contributed by atoms with Crippen LogP contribution in [0.2, 0.25) is 0 Å². The van der Waals surface area contributed by atoms with E-state index in [0.29, 0.717) is 32.9 Å². The summed E-state index contributed by atoms with van der Waals surface area (Å²) in [7, 11) is 3.35. The Morgan fingerprint density at radius 2 is 1.96 bits per heavy atom. The predicted molar refractivity (Wildman–Crippen MR) is 102 cm³/mol. The number of alkyl halides is 3. The lowest BCUT2D eigenvalue weighted by molar-refractivity contribution is -0.137. The minimum atomic E-state index is -4.29. The fraction of sp³-hybridized carbons (Fsp3) is 0.632. The third-order valence-corrected chi connectivity index (χ3v) is 4.49. The van der Waals surface area contributed by atoms with Crippen molar-refractivity contribution in [1.82, 2.24) is 15.5 Å². The number of hydrogen-bond donors (Lipinski definition) is 2. The zero-order valence-corrected chi connectivity index (χ0v) is 16.4. The van der Waals surface area contributed by atoms with E-state index in [0.717, 1.165) is 43.2 Å². The first-order valence-corrected chi connectivity index (χ1v) is 9.34. The van der Waals surface area contributed by atoms with Crippen molar-refractivity contribution >= 4 is 5.96 Å². The third-order valence-electron chi connectivity index (χ3n) is 4.49. The van der Waals surface area contributed by atoms with E-state index in [2.05, 4.69) is 20.5 Å². The van der Waals surface area contributed by atoms with Gasteiger partial charge in [-0.05, 0) is 24.1 Å². The molecule has 1 saturated heterocycles. The number of nitrogens with one attached hydrogen (secondary N) is 2. The molecule has 0 amide bonds. The van der Waals surface area contributed by atoms with Crippen molar-refractivity contribution in [3.63, 3.8) is 0 Å². The molecule has 28 heavy (non-hydrogen) atoms. The maximum atomic E-state index is 12.6. The van der Waals surface area contributed by atoms with E-state index in [4.69, 9.17) is 9.47 Å². The standard InChI is InChI=1S/C19H29F3N4O2/c1-23-18(24-8-10-28-12-11-27-2)25-17-7-9-26(14-17)13-15-3-5-16(6-4-15)19(20,21)22/h3-6,17H,7-14H2,1-2H3,(H2,23,24,25). The van der Waals surface area contributed by atoms with Crippen LogP contribution >= 0.6 is 0 Å². The average molecular weight is 402 g/mol. The zero-order valence-electron chi connectivity index (χ0n) is 16.4. The molecule has 1 aliphatic rings. The van der Waals surface area contributed by atoms with E-state index >= 15 is 0 Å². The summed E-state index contributed by atoms with van der Waals surface area (Å²) in [6, 6.07) is 5.62. The van der Waals surface area contributed by atoms with Gasteiger partial charge in [0, 0.05) is 46.4 Å². The van der Waals surface area contributed by atoms with Gasteiger partial charge >= 0.3 is 6.18 Å². The van der Waals surface area contributed by atoms with Gasteiger partial charge in [0.05, 0.1) is 25.4 Å². The number of guanidine groups is 1. The van der Waals surface area contributed by atoms with Crippen molar-refractivity contribution in [3.8, 4) is 0 Å². The average Bonchev–Trinajstić information content (AvgIpc) is 3.10. The molecule has 0 radical (unpaired) electrons. The Labute approximate surface area is 164 Å². The van der Waals surface area contributed by atoms with E-state index in [9.17, 15) is 13.2 Å². The monoisotopic (exact) mass is 402 g/mol. The summed E-state index contributed by atoms with van der Waals surface area (Å²) in [5.74, 6) is 0.719. The lowest BCUT2D eigenvalue weighted by Gasteiger charge is -2.19. The zero-order chi connectivity index (χ0) is 20.4. The number of nitrogens with zero attached hydrogens (tertiary/aromatic N) is 2. The van der Waals surface area contributed by atoms with Gasteiger partial charge < -0.3 is 20.1 Å². The van der Waals surface area contributed by atoms with Crippen LogP contribution in [-0.4, -0.2) is 70.5 Å². The number of hydrogen-bond acceptors (Lipinski definition) is 4. The molecular weight excluding hydrogens is 373 g/mol.